The van der Waals surface area contributed by atoms with E-state index in [1.165, 1.54) is 16.9 Å². The van der Waals surface area contributed by atoms with Crippen LogP contribution in [0.15, 0.2) is 87.4 Å². The molecule has 0 N–H and O–H groups in total. The molecule has 30 heavy (non-hydrogen) atoms. The van der Waals surface area contributed by atoms with Crippen LogP contribution in [0.2, 0.25) is 0 Å². The van der Waals surface area contributed by atoms with Crippen molar-refractivity contribution in [1.82, 2.24) is 14.5 Å². The van der Waals surface area contributed by atoms with Gasteiger partial charge in [0.2, 0.25) is 0 Å². The highest BCUT2D eigenvalue weighted by Crippen LogP contribution is 2.31. The first kappa shape index (κ1) is 19.5. The Bertz CT molecular complexity index is 1400. The predicted octanol–water partition coefficient (Wildman–Crippen LogP) is 6.11. The molecule has 0 unspecified atom stereocenters. The Morgan fingerprint density at radius 3 is 2.57 bits per heavy atom. The van der Waals surface area contributed by atoms with E-state index in [0.29, 0.717) is 11.2 Å². The van der Waals surface area contributed by atoms with Crippen molar-refractivity contribution in [2.45, 2.75) is 17.5 Å². The topological polar surface area (TPSA) is 47.8 Å². The minimum Gasteiger partial charge on any atom is -0.282 e. The molecule has 0 fully saturated rings. The quantitative estimate of drug-likeness (QED) is 0.219. The van der Waals surface area contributed by atoms with E-state index in [2.05, 4.69) is 33.0 Å². The van der Waals surface area contributed by atoms with Crippen molar-refractivity contribution in [3.8, 4) is 0 Å². The zero-order valence-electron chi connectivity index (χ0n) is 15.8. The molecule has 2 aromatic carbocycles. The van der Waals surface area contributed by atoms with Crippen molar-refractivity contribution in [2.24, 2.45) is 0 Å². The average Bonchev–Trinajstić information content (AvgIpc) is 3.15. The Morgan fingerprint density at radius 1 is 0.967 bits per heavy atom. The Kier molecular flexibility index (Phi) is 5.41. The van der Waals surface area contributed by atoms with Gasteiger partial charge in [0.25, 0.3) is 5.56 Å². The van der Waals surface area contributed by atoms with Crippen molar-refractivity contribution in [1.29, 1.82) is 0 Å². The highest BCUT2D eigenvalue weighted by atomic mass is 79.9. The van der Waals surface area contributed by atoms with E-state index in [1.807, 2.05) is 54.6 Å². The lowest BCUT2D eigenvalue weighted by Gasteiger charge is -2.12. The number of thioether (sulfide) groups is 1. The van der Waals surface area contributed by atoms with Crippen molar-refractivity contribution in [2.75, 3.05) is 0 Å². The van der Waals surface area contributed by atoms with Gasteiger partial charge in [0.1, 0.15) is 9.53 Å². The van der Waals surface area contributed by atoms with Crippen LogP contribution in [0.4, 0.5) is 0 Å². The molecule has 0 atom stereocenters. The van der Waals surface area contributed by atoms with Crippen LogP contribution in [0.25, 0.3) is 20.4 Å². The number of fused-ring (bicyclic) bond motifs is 3. The first-order chi connectivity index (χ1) is 14.7. The lowest BCUT2D eigenvalue weighted by molar-refractivity contribution is 0.659. The van der Waals surface area contributed by atoms with Gasteiger partial charge in [0, 0.05) is 21.8 Å². The van der Waals surface area contributed by atoms with Crippen LogP contribution in [0, 0.1) is 0 Å². The first-order valence-electron chi connectivity index (χ1n) is 9.38. The van der Waals surface area contributed by atoms with E-state index in [-0.39, 0.29) is 5.56 Å². The van der Waals surface area contributed by atoms with Crippen molar-refractivity contribution >= 4 is 59.5 Å². The van der Waals surface area contributed by atoms with E-state index in [1.54, 1.807) is 22.5 Å². The molecule has 7 heteroatoms. The van der Waals surface area contributed by atoms with E-state index < -0.39 is 0 Å². The Labute approximate surface area is 189 Å². The number of pyridine rings is 1. The maximum atomic E-state index is 13.5. The van der Waals surface area contributed by atoms with Gasteiger partial charge in [-0.2, -0.15) is 0 Å². The summed E-state index contributed by atoms with van der Waals surface area (Å²) in [4.78, 5) is 23.7. The standard InChI is InChI=1S/C23H16BrN3OS2/c24-17-10-8-16(9-11-17)14-29-23-26-19-18-7-4-12-25-21(18)30-20(19)22(28)27(23)13-15-5-2-1-3-6-15/h1-12H,13-14H2. The highest BCUT2D eigenvalue weighted by Gasteiger charge is 2.17. The molecule has 0 aliphatic carbocycles. The Balaban J connectivity index is 1.63. The summed E-state index contributed by atoms with van der Waals surface area (Å²) < 4.78 is 3.50. The monoisotopic (exact) mass is 493 g/mol. The summed E-state index contributed by atoms with van der Waals surface area (Å²) in [5.74, 6) is 0.736. The number of hydrogen-bond acceptors (Lipinski definition) is 5. The third-order valence-electron chi connectivity index (χ3n) is 4.78. The first-order valence-corrected chi connectivity index (χ1v) is 12.0. The van der Waals surface area contributed by atoms with Crippen LogP contribution >= 0.6 is 39.0 Å². The summed E-state index contributed by atoms with van der Waals surface area (Å²) in [5.41, 5.74) is 2.99. The van der Waals surface area contributed by atoms with Gasteiger partial charge in [-0.15, -0.1) is 11.3 Å². The molecule has 5 aromatic rings. The Morgan fingerprint density at radius 2 is 1.77 bits per heavy atom. The SMILES string of the molecule is O=c1c2sc3ncccc3c2nc(SCc2ccc(Br)cc2)n1Cc1ccccc1. The normalized spacial score (nSPS) is 11.4. The zero-order valence-corrected chi connectivity index (χ0v) is 19.0. The summed E-state index contributed by atoms with van der Waals surface area (Å²) in [7, 11) is 0. The van der Waals surface area contributed by atoms with E-state index >= 15 is 0 Å². The molecule has 4 nitrogen and oxygen atoms in total. The number of halogens is 1. The smallest absolute Gasteiger partial charge is 0.272 e. The van der Waals surface area contributed by atoms with Crippen molar-refractivity contribution in [3.05, 3.63) is 98.9 Å². The van der Waals surface area contributed by atoms with E-state index in [9.17, 15) is 4.79 Å². The van der Waals surface area contributed by atoms with Gasteiger partial charge in [-0.3, -0.25) is 9.36 Å². The number of aromatic nitrogens is 3. The van der Waals surface area contributed by atoms with E-state index in [0.717, 1.165) is 36.7 Å². The van der Waals surface area contributed by atoms with Crippen LogP contribution in [-0.2, 0) is 12.3 Å². The third kappa shape index (κ3) is 3.80. The molecule has 0 radical (unpaired) electrons. The molecule has 0 aliphatic rings. The summed E-state index contributed by atoms with van der Waals surface area (Å²) in [6.45, 7) is 0.493. The van der Waals surface area contributed by atoms with Gasteiger partial charge in [0.05, 0.1) is 12.1 Å². The number of hydrogen-bond donors (Lipinski definition) is 0. The maximum Gasteiger partial charge on any atom is 0.272 e. The zero-order chi connectivity index (χ0) is 20.5. The van der Waals surface area contributed by atoms with Crippen LogP contribution in [0.1, 0.15) is 11.1 Å². The summed E-state index contributed by atoms with van der Waals surface area (Å²) >= 11 is 6.48. The predicted molar refractivity (Wildman–Crippen MR) is 128 cm³/mol. The van der Waals surface area contributed by atoms with Crippen molar-refractivity contribution in [3.63, 3.8) is 0 Å². The molecule has 0 bridgehead atoms. The second-order valence-corrected chi connectivity index (χ2v) is 9.68. The second kappa shape index (κ2) is 8.34. The number of benzene rings is 2. The molecule has 0 aliphatic heterocycles. The molecule has 0 amide bonds. The third-order valence-corrected chi connectivity index (χ3v) is 7.45. The molecule has 5 rings (SSSR count). The fourth-order valence-electron chi connectivity index (χ4n) is 3.29. The molecule has 0 saturated heterocycles. The molecule has 148 valence electrons. The van der Waals surface area contributed by atoms with Crippen LogP contribution in [0.5, 0.6) is 0 Å². The lowest BCUT2D eigenvalue weighted by Crippen LogP contribution is -2.23. The van der Waals surface area contributed by atoms with Gasteiger partial charge in [-0.1, -0.05) is 70.2 Å². The minimum absolute atomic E-state index is 0.00911. The summed E-state index contributed by atoms with van der Waals surface area (Å²) in [6.07, 6.45) is 1.75. The highest BCUT2D eigenvalue weighted by molar-refractivity contribution is 9.10. The average molecular weight is 494 g/mol. The molecule has 0 saturated carbocycles. The number of thiophene rings is 1. The van der Waals surface area contributed by atoms with Crippen LogP contribution in [-0.4, -0.2) is 14.5 Å². The fourth-order valence-corrected chi connectivity index (χ4v) is 5.53. The Hall–Kier alpha value is -2.48. The van der Waals surface area contributed by atoms with Crippen LogP contribution in [0.3, 0.4) is 0 Å². The molecule has 3 heterocycles. The second-order valence-electron chi connectivity index (χ2n) is 6.82. The van der Waals surface area contributed by atoms with Crippen molar-refractivity contribution < 1.29 is 0 Å². The fraction of sp³-hybridized carbons (Fsp3) is 0.0870. The largest absolute Gasteiger partial charge is 0.282 e. The van der Waals surface area contributed by atoms with Gasteiger partial charge in [-0.25, -0.2) is 9.97 Å². The maximum absolute atomic E-state index is 13.5. The van der Waals surface area contributed by atoms with Gasteiger partial charge in [0.15, 0.2) is 5.16 Å². The molecule has 0 spiro atoms. The van der Waals surface area contributed by atoms with Gasteiger partial charge >= 0.3 is 0 Å². The number of rotatable bonds is 5. The summed E-state index contributed by atoms with van der Waals surface area (Å²) in [5, 5.41) is 1.66. The van der Waals surface area contributed by atoms with Gasteiger partial charge in [-0.05, 0) is 35.4 Å². The molecular weight excluding hydrogens is 478 g/mol. The minimum atomic E-state index is -0.00911. The molecule has 3 aromatic heterocycles. The van der Waals surface area contributed by atoms with Gasteiger partial charge < -0.3 is 0 Å². The summed E-state index contributed by atoms with van der Waals surface area (Å²) in [6, 6.07) is 22.1. The van der Waals surface area contributed by atoms with Crippen LogP contribution < -0.4 is 5.56 Å². The number of nitrogens with zero attached hydrogens (tertiary/aromatic N) is 3. The van der Waals surface area contributed by atoms with E-state index in [4.69, 9.17) is 4.98 Å². The lowest BCUT2D eigenvalue weighted by atomic mass is 10.2. The molecular formula is C23H16BrN3OS2.